The van der Waals surface area contributed by atoms with Gasteiger partial charge in [-0.3, -0.25) is 4.68 Å². The molecule has 0 aliphatic rings. The van der Waals surface area contributed by atoms with Gasteiger partial charge in [0.15, 0.2) is 0 Å². The van der Waals surface area contributed by atoms with Gasteiger partial charge in [0.1, 0.15) is 0 Å². The average Bonchev–Trinajstić information content (AvgIpc) is 2.62. The van der Waals surface area contributed by atoms with Crippen molar-refractivity contribution in [1.82, 2.24) is 9.78 Å². The van der Waals surface area contributed by atoms with E-state index in [1.54, 1.807) is 0 Å². The highest BCUT2D eigenvalue weighted by atomic mass is 16.3. The second-order valence-corrected chi connectivity index (χ2v) is 3.91. The van der Waals surface area contributed by atoms with Crippen LogP contribution in [0.3, 0.4) is 0 Å². The van der Waals surface area contributed by atoms with E-state index < -0.39 is 0 Å². The summed E-state index contributed by atoms with van der Waals surface area (Å²) >= 11 is 0. The van der Waals surface area contributed by atoms with Crippen LogP contribution in [0.1, 0.15) is 25.5 Å². The lowest BCUT2D eigenvalue weighted by Crippen LogP contribution is -2.20. The fourth-order valence-corrected chi connectivity index (χ4v) is 1.32. The van der Waals surface area contributed by atoms with Gasteiger partial charge in [0.05, 0.1) is 6.20 Å². The lowest BCUT2D eigenvalue weighted by Gasteiger charge is -2.09. The van der Waals surface area contributed by atoms with Gasteiger partial charge >= 0.3 is 0 Å². The topological polar surface area (TPSA) is 64.1 Å². The number of nitrogens with two attached hydrogens (primary N) is 1. The molecule has 1 aromatic heterocycles. The van der Waals surface area contributed by atoms with Crippen LogP contribution in [0.25, 0.3) is 0 Å². The summed E-state index contributed by atoms with van der Waals surface area (Å²) in [4.78, 5) is 0. The van der Waals surface area contributed by atoms with Crippen LogP contribution >= 0.6 is 0 Å². The molecule has 0 aromatic carbocycles. The van der Waals surface area contributed by atoms with Gasteiger partial charge in [0.2, 0.25) is 0 Å². The Kier molecular flexibility index (Phi) is 4.10. The van der Waals surface area contributed by atoms with Crippen LogP contribution in [0.2, 0.25) is 0 Å². The van der Waals surface area contributed by atoms with Crippen molar-refractivity contribution >= 4 is 0 Å². The Morgan fingerprint density at radius 2 is 2.29 bits per heavy atom. The monoisotopic (exact) mass is 197 g/mol. The molecule has 0 radical (unpaired) electrons. The number of rotatable bonds is 5. The molecule has 1 unspecified atom stereocenters. The highest BCUT2D eigenvalue weighted by Gasteiger charge is 2.08. The van der Waals surface area contributed by atoms with Crippen molar-refractivity contribution < 1.29 is 5.11 Å². The molecule has 0 bridgehead atoms. The lowest BCUT2D eigenvalue weighted by molar-refractivity contribution is 0.230. The second kappa shape index (κ2) is 5.12. The number of hydrogen-bond donors (Lipinski definition) is 2. The van der Waals surface area contributed by atoms with Gasteiger partial charge in [0.25, 0.3) is 0 Å². The summed E-state index contributed by atoms with van der Waals surface area (Å²) in [6.07, 6.45) is 4.67. The fraction of sp³-hybridized carbons (Fsp3) is 0.700. The van der Waals surface area contributed by atoms with E-state index in [0.717, 1.165) is 12.0 Å². The molecule has 4 heteroatoms. The van der Waals surface area contributed by atoms with Gasteiger partial charge in [0, 0.05) is 18.8 Å². The third-order valence-corrected chi connectivity index (χ3v) is 2.30. The maximum Gasteiger partial charge on any atom is 0.0521 e. The Morgan fingerprint density at radius 3 is 2.71 bits per heavy atom. The van der Waals surface area contributed by atoms with Gasteiger partial charge in [-0.05, 0) is 38.3 Å². The van der Waals surface area contributed by atoms with Gasteiger partial charge in [-0.15, -0.1) is 0 Å². The zero-order valence-electron chi connectivity index (χ0n) is 8.85. The van der Waals surface area contributed by atoms with E-state index in [1.165, 1.54) is 0 Å². The van der Waals surface area contributed by atoms with E-state index in [2.05, 4.69) is 18.9 Å². The van der Waals surface area contributed by atoms with Crippen LogP contribution in [0, 0.1) is 5.92 Å². The Balaban J connectivity index is 2.58. The molecule has 1 rings (SSSR count). The van der Waals surface area contributed by atoms with E-state index in [9.17, 15) is 0 Å². The fourth-order valence-electron chi connectivity index (χ4n) is 1.32. The molecule has 14 heavy (non-hydrogen) atoms. The molecule has 0 amide bonds. The molecule has 0 saturated carbocycles. The zero-order chi connectivity index (χ0) is 10.6. The lowest BCUT2D eigenvalue weighted by atomic mass is 10.0. The van der Waals surface area contributed by atoms with Crippen molar-refractivity contribution in [3.63, 3.8) is 0 Å². The van der Waals surface area contributed by atoms with E-state index >= 15 is 0 Å². The normalized spacial score (nSPS) is 13.5. The first-order valence-electron chi connectivity index (χ1n) is 5.01. The standard InChI is InChI=1S/C10H19N3O/c1-8(2)13-6-10(5-12-13)3-9(4-11)7-14/h5-6,8-9,14H,3-4,7,11H2,1-2H3. The highest BCUT2D eigenvalue weighted by Crippen LogP contribution is 2.09. The molecular weight excluding hydrogens is 178 g/mol. The van der Waals surface area contributed by atoms with Crippen molar-refractivity contribution in [3.05, 3.63) is 18.0 Å². The van der Waals surface area contributed by atoms with E-state index in [-0.39, 0.29) is 12.5 Å². The molecule has 0 saturated heterocycles. The summed E-state index contributed by atoms with van der Waals surface area (Å²) in [5, 5.41) is 13.2. The van der Waals surface area contributed by atoms with Crippen LogP contribution in [-0.2, 0) is 6.42 Å². The summed E-state index contributed by atoms with van der Waals surface area (Å²) in [5.74, 6) is 0.153. The van der Waals surface area contributed by atoms with Gasteiger partial charge < -0.3 is 10.8 Å². The SMILES string of the molecule is CC(C)n1cc(CC(CN)CO)cn1. The third-order valence-electron chi connectivity index (χ3n) is 2.30. The second-order valence-electron chi connectivity index (χ2n) is 3.91. The Bertz CT molecular complexity index is 266. The minimum Gasteiger partial charge on any atom is -0.396 e. The predicted octanol–water partition coefficient (Wildman–Crippen LogP) is 0.574. The number of aromatic nitrogens is 2. The van der Waals surface area contributed by atoms with Crippen molar-refractivity contribution in [3.8, 4) is 0 Å². The number of nitrogens with zero attached hydrogens (tertiary/aromatic N) is 2. The molecule has 0 aliphatic carbocycles. The number of aliphatic hydroxyl groups is 1. The Hall–Kier alpha value is -0.870. The first kappa shape index (κ1) is 11.2. The molecule has 1 atom stereocenters. The van der Waals surface area contributed by atoms with Gasteiger partial charge in [-0.1, -0.05) is 0 Å². The van der Waals surface area contributed by atoms with Crippen molar-refractivity contribution in [1.29, 1.82) is 0 Å². The highest BCUT2D eigenvalue weighted by molar-refractivity contribution is 5.05. The predicted molar refractivity (Wildman–Crippen MR) is 55.9 cm³/mol. The van der Waals surface area contributed by atoms with Gasteiger partial charge in [-0.2, -0.15) is 5.10 Å². The molecular formula is C10H19N3O. The number of aliphatic hydroxyl groups excluding tert-OH is 1. The van der Waals surface area contributed by atoms with Gasteiger partial charge in [-0.25, -0.2) is 0 Å². The van der Waals surface area contributed by atoms with Crippen molar-refractivity contribution in [2.45, 2.75) is 26.3 Å². The quantitative estimate of drug-likeness (QED) is 0.725. The maximum atomic E-state index is 9.00. The van der Waals surface area contributed by atoms with Crippen LogP contribution in [0.5, 0.6) is 0 Å². The van der Waals surface area contributed by atoms with Crippen LogP contribution in [-0.4, -0.2) is 28.0 Å². The molecule has 80 valence electrons. The average molecular weight is 197 g/mol. The zero-order valence-corrected chi connectivity index (χ0v) is 8.85. The number of hydrogen-bond acceptors (Lipinski definition) is 3. The molecule has 0 fully saturated rings. The summed E-state index contributed by atoms with van der Waals surface area (Å²) in [5.41, 5.74) is 6.65. The van der Waals surface area contributed by atoms with Crippen molar-refractivity contribution in [2.75, 3.05) is 13.2 Å². The largest absolute Gasteiger partial charge is 0.396 e. The molecule has 3 N–H and O–H groups in total. The molecule has 0 spiro atoms. The molecule has 4 nitrogen and oxygen atoms in total. The minimum atomic E-state index is 0.142. The Labute approximate surface area is 84.7 Å². The summed E-state index contributed by atoms with van der Waals surface area (Å²) in [7, 11) is 0. The van der Waals surface area contributed by atoms with E-state index in [0.29, 0.717) is 12.6 Å². The molecule has 0 aliphatic heterocycles. The first-order valence-corrected chi connectivity index (χ1v) is 5.01. The molecule has 1 heterocycles. The summed E-state index contributed by atoms with van der Waals surface area (Å²) in [6.45, 7) is 4.83. The van der Waals surface area contributed by atoms with Crippen LogP contribution in [0.4, 0.5) is 0 Å². The third kappa shape index (κ3) is 2.82. The first-order chi connectivity index (χ1) is 6.67. The summed E-state index contributed by atoms with van der Waals surface area (Å²) < 4.78 is 1.92. The summed E-state index contributed by atoms with van der Waals surface area (Å²) in [6, 6.07) is 0.384. The van der Waals surface area contributed by atoms with Crippen LogP contribution < -0.4 is 5.73 Å². The maximum absolute atomic E-state index is 9.00. The van der Waals surface area contributed by atoms with Crippen LogP contribution in [0.15, 0.2) is 12.4 Å². The minimum absolute atomic E-state index is 0.142. The van der Waals surface area contributed by atoms with E-state index in [1.807, 2.05) is 17.1 Å². The Morgan fingerprint density at radius 1 is 1.57 bits per heavy atom. The van der Waals surface area contributed by atoms with Crippen molar-refractivity contribution in [2.24, 2.45) is 11.7 Å². The van der Waals surface area contributed by atoms with E-state index in [4.69, 9.17) is 10.8 Å². The molecule has 1 aromatic rings. The smallest absolute Gasteiger partial charge is 0.0521 e.